The zero-order valence-corrected chi connectivity index (χ0v) is 16.1. The van der Waals surface area contributed by atoms with Crippen LogP contribution in [0.5, 0.6) is 11.5 Å². The molecule has 1 aliphatic heterocycles. The molecule has 0 saturated carbocycles. The number of hydrogen-bond donors (Lipinski definition) is 2. The molecular weight excluding hydrogens is 375 g/mol. The lowest BCUT2D eigenvalue weighted by Gasteiger charge is -2.16. The molecule has 0 fully saturated rings. The van der Waals surface area contributed by atoms with Crippen LogP contribution in [0.15, 0.2) is 36.4 Å². The zero-order chi connectivity index (χ0) is 18.7. The Morgan fingerprint density at radius 3 is 2.69 bits per heavy atom. The number of ether oxygens (including phenoxy) is 2. The first-order valence-electron chi connectivity index (χ1n) is 8.41. The number of halogens is 2. The molecule has 0 spiro atoms. The number of carbonyl (C=O) groups is 1. The predicted molar refractivity (Wildman–Crippen MR) is 101 cm³/mol. The van der Waals surface area contributed by atoms with Crippen molar-refractivity contribution in [1.29, 1.82) is 0 Å². The standard InChI is InChI=1S/C19H20Cl2N2O3/c1-11(13-3-6-17-18(7-13)26-10-25-17)23-19(24)9-22-12(2)15-5-4-14(20)8-16(15)21/h3-8,11-12,22H,9-10H2,1-2H3,(H,23,24)/p+1/t11-,12-/m0/s1. The topological polar surface area (TPSA) is 64.2 Å². The van der Waals surface area contributed by atoms with Gasteiger partial charge in [0.15, 0.2) is 18.0 Å². The van der Waals surface area contributed by atoms with Gasteiger partial charge in [0.1, 0.15) is 6.04 Å². The van der Waals surface area contributed by atoms with Crippen LogP contribution >= 0.6 is 23.2 Å². The number of quaternary nitrogens is 1. The van der Waals surface area contributed by atoms with E-state index in [0.29, 0.717) is 22.3 Å². The molecule has 0 radical (unpaired) electrons. The molecule has 1 aliphatic rings. The number of amides is 1. The van der Waals surface area contributed by atoms with Gasteiger partial charge in [-0.2, -0.15) is 0 Å². The Labute approximate surface area is 162 Å². The van der Waals surface area contributed by atoms with Gasteiger partial charge in [-0.1, -0.05) is 35.3 Å². The van der Waals surface area contributed by atoms with Crippen molar-refractivity contribution in [2.24, 2.45) is 0 Å². The molecule has 0 unspecified atom stereocenters. The number of nitrogens with two attached hydrogens (primary N) is 1. The van der Waals surface area contributed by atoms with Crippen molar-refractivity contribution in [2.45, 2.75) is 25.9 Å². The molecule has 138 valence electrons. The third-order valence-corrected chi connectivity index (χ3v) is 4.95. The first kappa shape index (κ1) is 18.8. The lowest BCUT2D eigenvalue weighted by molar-refractivity contribution is -0.682. The Morgan fingerprint density at radius 2 is 1.92 bits per heavy atom. The van der Waals surface area contributed by atoms with Gasteiger partial charge in [-0.15, -0.1) is 0 Å². The molecular formula is C19H21Cl2N2O3+. The summed E-state index contributed by atoms with van der Waals surface area (Å²) in [7, 11) is 0. The van der Waals surface area contributed by atoms with Crippen LogP contribution in [-0.4, -0.2) is 19.2 Å². The van der Waals surface area contributed by atoms with Crippen molar-refractivity contribution in [3.63, 3.8) is 0 Å². The fraction of sp³-hybridized carbons (Fsp3) is 0.316. The van der Waals surface area contributed by atoms with Crippen molar-refractivity contribution in [2.75, 3.05) is 13.3 Å². The van der Waals surface area contributed by atoms with Gasteiger partial charge in [-0.05, 0) is 43.7 Å². The monoisotopic (exact) mass is 395 g/mol. The van der Waals surface area contributed by atoms with Gasteiger partial charge in [0.25, 0.3) is 5.91 Å². The third kappa shape index (κ3) is 4.41. The summed E-state index contributed by atoms with van der Waals surface area (Å²) in [6, 6.07) is 11.0. The van der Waals surface area contributed by atoms with Crippen LogP contribution in [0.4, 0.5) is 0 Å². The van der Waals surface area contributed by atoms with E-state index < -0.39 is 0 Å². The lowest BCUT2D eigenvalue weighted by Crippen LogP contribution is -2.87. The Hall–Kier alpha value is -1.95. The maximum Gasteiger partial charge on any atom is 0.275 e. The van der Waals surface area contributed by atoms with Gasteiger partial charge in [-0.25, -0.2) is 0 Å². The van der Waals surface area contributed by atoms with Gasteiger partial charge in [-0.3, -0.25) is 4.79 Å². The van der Waals surface area contributed by atoms with Crippen LogP contribution in [0, 0.1) is 0 Å². The first-order chi connectivity index (χ1) is 12.4. The van der Waals surface area contributed by atoms with E-state index in [-0.39, 0.29) is 24.8 Å². The molecule has 0 aromatic heterocycles. The minimum Gasteiger partial charge on any atom is -0.454 e. The normalized spacial score (nSPS) is 14.8. The Bertz CT molecular complexity index is 813. The summed E-state index contributed by atoms with van der Waals surface area (Å²) in [6.07, 6.45) is 0. The van der Waals surface area contributed by atoms with Gasteiger partial charge < -0.3 is 20.1 Å². The van der Waals surface area contributed by atoms with Crippen molar-refractivity contribution in [3.8, 4) is 11.5 Å². The van der Waals surface area contributed by atoms with Gasteiger partial charge in [0.05, 0.1) is 11.1 Å². The van der Waals surface area contributed by atoms with Crippen LogP contribution in [0.25, 0.3) is 0 Å². The number of hydrogen-bond acceptors (Lipinski definition) is 3. The first-order valence-corrected chi connectivity index (χ1v) is 9.17. The highest BCUT2D eigenvalue weighted by Gasteiger charge is 2.19. The average molecular weight is 396 g/mol. The van der Waals surface area contributed by atoms with E-state index in [1.807, 2.05) is 43.4 Å². The van der Waals surface area contributed by atoms with Crippen LogP contribution in [0.3, 0.4) is 0 Å². The second-order valence-electron chi connectivity index (χ2n) is 6.30. The molecule has 0 saturated heterocycles. The summed E-state index contributed by atoms with van der Waals surface area (Å²) >= 11 is 12.1. The van der Waals surface area contributed by atoms with Crippen LogP contribution in [-0.2, 0) is 4.79 Å². The summed E-state index contributed by atoms with van der Waals surface area (Å²) < 4.78 is 10.7. The minimum atomic E-state index is -0.125. The fourth-order valence-corrected chi connectivity index (χ4v) is 3.43. The van der Waals surface area contributed by atoms with E-state index in [0.717, 1.165) is 16.9 Å². The smallest absolute Gasteiger partial charge is 0.275 e. The molecule has 2 aromatic rings. The molecule has 7 heteroatoms. The molecule has 0 bridgehead atoms. The van der Waals surface area contributed by atoms with Gasteiger partial charge in [0.2, 0.25) is 6.79 Å². The van der Waals surface area contributed by atoms with Crippen LogP contribution < -0.4 is 20.1 Å². The second-order valence-corrected chi connectivity index (χ2v) is 7.14. The van der Waals surface area contributed by atoms with E-state index in [2.05, 4.69) is 5.32 Å². The summed E-state index contributed by atoms with van der Waals surface area (Å²) in [5.74, 6) is 1.39. The largest absolute Gasteiger partial charge is 0.454 e. The molecule has 26 heavy (non-hydrogen) atoms. The molecule has 2 atom stereocenters. The SMILES string of the molecule is C[C@H](NC(=O)C[NH2+][C@@H](C)c1ccc(Cl)cc1Cl)c1ccc2c(c1)OCO2. The highest BCUT2D eigenvalue weighted by molar-refractivity contribution is 6.35. The Morgan fingerprint density at radius 1 is 1.15 bits per heavy atom. The second kappa shape index (κ2) is 8.16. The third-order valence-electron chi connectivity index (χ3n) is 4.38. The van der Waals surface area contributed by atoms with E-state index in [9.17, 15) is 4.79 Å². The summed E-state index contributed by atoms with van der Waals surface area (Å²) in [5, 5.41) is 6.14. The minimum absolute atomic E-state index is 0.0476. The van der Waals surface area contributed by atoms with Gasteiger partial charge in [0, 0.05) is 10.6 Å². The van der Waals surface area contributed by atoms with Crippen LogP contribution in [0.1, 0.15) is 37.1 Å². The van der Waals surface area contributed by atoms with E-state index >= 15 is 0 Å². The van der Waals surface area contributed by atoms with Crippen molar-refractivity contribution in [1.82, 2.24) is 5.32 Å². The summed E-state index contributed by atoms with van der Waals surface area (Å²) in [5.41, 5.74) is 1.92. The van der Waals surface area contributed by atoms with E-state index in [1.54, 1.807) is 12.1 Å². The Kier molecular flexibility index (Phi) is 5.91. The van der Waals surface area contributed by atoms with E-state index in [4.69, 9.17) is 32.7 Å². The van der Waals surface area contributed by atoms with E-state index in [1.165, 1.54) is 0 Å². The Balaban J connectivity index is 1.53. The molecule has 1 amide bonds. The number of benzene rings is 2. The molecule has 3 N–H and O–H groups in total. The lowest BCUT2D eigenvalue weighted by atomic mass is 10.1. The number of rotatable bonds is 6. The molecule has 2 aromatic carbocycles. The van der Waals surface area contributed by atoms with Crippen molar-refractivity contribution < 1.29 is 19.6 Å². The predicted octanol–water partition coefficient (Wildman–Crippen LogP) is 3.22. The van der Waals surface area contributed by atoms with Crippen LogP contribution in [0.2, 0.25) is 10.0 Å². The molecule has 3 rings (SSSR count). The van der Waals surface area contributed by atoms with Crippen molar-refractivity contribution >= 4 is 29.1 Å². The number of carbonyl (C=O) groups excluding carboxylic acids is 1. The highest BCUT2D eigenvalue weighted by Crippen LogP contribution is 2.34. The highest BCUT2D eigenvalue weighted by atomic mass is 35.5. The number of fused-ring (bicyclic) bond motifs is 1. The zero-order valence-electron chi connectivity index (χ0n) is 14.6. The maximum absolute atomic E-state index is 12.3. The number of nitrogens with one attached hydrogen (secondary N) is 1. The maximum atomic E-state index is 12.3. The quantitative estimate of drug-likeness (QED) is 0.788. The van der Waals surface area contributed by atoms with Crippen molar-refractivity contribution in [3.05, 3.63) is 57.6 Å². The molecule has 1 heterocycles. The molecule has 0 aliphatic carbocycles. The fourth-order valence-electron chi connectivity index (χ4n) is 2.85. The summed E-state index contributed by atoms with van der Waals surface area (Å²) in [4.78, 5) is 12.3. The summed E-state index contributed by atoms with van der Waals surface area (Å²) in [6.45, 7) is 4.48. The van der Waals surface area contributed by atoms with Gasteiger partial charge >= 0.3 is 0 Å². The molecule has 5 nitrogen and oxygen atoms in total. The average Bonchev–Trinajstić information content (AvgIpc) is 3.07.